The van der Waals surface area contributed by atoms with Gasteiger partial charge in [0.15, 0.2) is 0 Å². The van der Waals surface area contributed by atoms with Crippen LogP contribution in [0.3, 0.4) is 0 Å². The van der Waals surface area contributed by atoms with Crippen molar-refractivity contribution in [3.8, 4) is 0 Å². The zero-order valence-corrected chi connectivity index (χ0v) is 21.3. The van der Waals surface area contributed by atoms with Crippen LogP contribution in [0.4, 0.5) is 0 Å². The summed E-state index contributed by atoms with van der Waals surface area (Å²) < 4.78 is 27.0. The molecule has 2 aliphatic rings. The Kier molecular flexibility index (Phi) is 7.97. The van der Waals surface area contributed by atoms with Crippen molar-refractivity contribution in [3.05, 3.63) is 42.1 Å². The van der Waals surface area contributed by atoms with E-state index in [2.05, 4.69) is 20.5 Å². The molecule has 1 aromatic heterocycles. The zero-order valence-electron chi connectivity index (χ0n) is 18.2. The van der Waals surface area contributed by atoms with Crippen LogP contribution >= 0.6 is 35.6 Å². The smallest absolute Gasteiger partial charge is 0.264 e. The zero-order chi connectivity index (χ0) is 23.0. The number of nitrogens with zero attached hydrogens (tertiary/aromatic N) is 5. The Hall–Kier alpha value is -1.43. The van der Waals surface area contributed by atoms with Crippen LogP contribution in [0.15, 0.2) is 41.6 Å². The molecule has 2 fully saturated rings. The first-order valence-electron chi connectivity index (χ1n) is 10.5. The predicted molar refractivity (Wildman–Crippen MR) is 128 cm³/mol. The molecular formula is C20H27Cl3N6O3S. The van der Waals surface area contributed by atoms with Crippen LogP contribution in [0.5, 0.6) is 0 Å². The second kappa shape index (κ2) is 10.1. The lowest BCUT2D eigenvalue weighted by atomic mass is 9.92. The maximum Gasteiger partial charge on any atom is 0.264 e. The summed E-state index contributed by atoms with van der Waals surface area (Å²) in [5, 5.41) is 10.2. The van der Waals surface area contributed by atoms with Crippen LogP contribution in [0.2, 0.25) is 0 Å². The van der Waals surface area contributed by atoms with Crippen LogP contribution in [0, 0.1) is 0 Å². The van der Waals surface area contributed by atoms with E-state index in [1.165, 1.54) is 15.2 Å². The van der Waals surface area contributed by atoms with Gasteiger partial charge in [0.1, 0.15) is 0 Å². The number of amides is 1. The Bertz CT molecular complexity index is 1070. The quantitative estimate of drug-likeness (QED) is 0.449. The molecule has 0 radical (unpaired) electrons. The Labute approximate surface area is 209 Å². The van der Waals surface area contributed by atoms with Crippen LogP contribution in [-0.2, 0) is 17.1 Å². The van der Waals surface area contributed by atoms with Gasteiger partial charge in [-0.15, -0.1) is 17.5 Å². The highest BCUT2D eigenvalue weighted by atomic mass is 35.5. The third kappa shape index (κ3) is 5.01. The molecule has 0 spiro atoms. The first-order chi connectivity index (χ1) is 15.2. The fourth-order valence-corrected chi connectivity index (χ4v) is 6.77. The summed E-state index contributed by atoms with van der Waals surface area (Å²) in [5.74, 6) is -0.342. The second-order valence-corrected chi connectivity index (χ2v) is 11.5. The third-order valence-electron chi connectivity index (χ3n) is 6.35. The van der Waals surface area contributed by atoms with Crippen molar-refractivity contribution in [1.82, 2.24) is 29.5 Å². The monoisotopic (exact) mass is 536 g/mol. The highest BCUT2D eigenvalue weighted by Crippen LogP contribution is 2.48. The number of alkyl halides is 2. The van der Waals surface area contributed by atoms with Crippen LogP contribution in [0.25, 0.3) is 0 Å². The number of rotatable bonds is 6. The molecule has 2 heterocycles. The van der Waals surface area contributed by atoms with E-state index >= 15 is 0 Å². The fraction of sp³-hybridized carbons (Fsp3) is 0.550. The summed E-state index contributed by atoms with van der Waals surface area (Å²) in [6, 6.07) is 8.80. The minimum atomic E-state index is -3.72. The average molecular weight is 538 g/mol. The number of piperazine rings is 1. The van der Waals surface area contributed by atoms with E-state index in [9.17, 15) is 13.2 Å². The van der Waals surface area contributed by atoms with Gasteiger partial charge in [0.05, 0.1) is 11.7 Å². The number of halogens is 3. The van der Waals surface area contributed by atoms with Crippen molar-refractivity contribution in [2.75, 3.05) is 26.2 Å². The van der Waals surface area contributed by atoms with E-state index in [4.69, 9.17) is 23.2 Å². The van der Waals surface area contributed by atoms with Gasteiger partial charge in [0.25, 0.3) is 15.9 Å². The van der Waals surface area contributed by atoms with Crippen LogP contribution < -0.4 is 5.32 Å². The van der Waals surface area contributed by atoms with Gasteiger partial charge in [0, 0.05) is 38.8 Å². The first kappa shape index (κ1) is 26.2. The number of benzene rings is 1. The van der Waals surface area contributed by atoms with Crippen molar-refractivity contribution in [2.24, 2.45) is 7.05 Å². The van der Waals surface area contributed by atoms with E-state index in [-0.39, 0.29) is 36.4 Å². The number of carbonyl (C=O) groups is 1. The van der Waals surface area contributed by atoms with Gasteiger partial charge in [-0.2, -0.15) is 4.31 Å². The molecule has 9 nitrogen and oxygen atoms in total. The van der Waals surface area contributed by atoms with Crippen molar-refractivity contribution < 1.29 is 13.2 Å². The number of aromatic nitrogens is 3. The van der Waals surface area contributed by atoms with Crippen molar-refractivity contribution in [2.45, 2.75) is 40.7 Å². The largest absolute Gasteiger partial charge is 0.319 e. The molecule has 0 unspecified atom stereocenters. The SMILES string of the molecule is Cl.Cn1cc(S(=O)(=O)N2CCN(C3(C(Cl)(Cl)NC(=O)c4ccccc4)CCCC3)CC2)nn1. The van der Waals surface area contributed by atoms with E-state index in [0.29, 0.717) is 31.5 Å². The standard InChI is InChI=1S/C20H26Cl2N6O3S.ClH/c1-26-15-17(24-25-26)32(30,31)28-13-11-27(12-14-28)19(9-5-6-10-19)20(21,22)23-18(29)16-7-3-2-4-8-16;/h2-4,7-8,15H,5-6,9-14H2,1H3,(H,23,29);1H. The molecule has 1 aliphatic heterocycles. The normalized spacial score (nSPS) is 19.7. The Morgan fingerprint density at radius 2 is 1.70 bits per heavy atom. The summed E-state index contributed by atoms with van der Waals surface area (Å²) in [7, 11) is -2.10. The van der Waals surface area contributed by atoms with Crippen molar-refractivity contribution in [1.29, 1.82) is 0 Å². The Morgan fingerprint density at radius 3 is 2.24 bits per heavy atom. The van der Waals surface area contributed by atoms with E-state index in [0.717, 1.165) is 12.8 Å². The number of aryl methyl sites for hydroxylation is 1. The lowest BCUT2D eigenvalue weighted by molar-refractivity contribution is 0.0348. The molecule has 33 heavy (non-hydrogen) atoms. The summed E-state index contributed by atoms with van der Waals surface area (Å²) >= 11 is 13.7. The summed E-state index contributed by atoms with van der Waals surface area (Å²) in [6.07, 6.45) is 4.68. The van der Waals surface area contributed by atoms with Gasteiger partial charge in [-0.05, 0) is 25.0 Å². The molecule has 0 atom stereocenters. The van der Waals surface area contributed by atoms with Gasteiger partial charge in [0.2, 0.25) is 9.48 Å². The van der Waals surface area contributed by atoms with Crippen LogP contribution in [-0.4, -0.2) is 74.7 Å². The van der Waals surface area contributed by atoms with Gasteiger partial charge >= 0.3 is 0 Å². The topological polar surface area (TPSA) is 100 Å². The molecule has 4 rings (SSSR count). The Balaban J connectivity index is 0.00000306. The molecule has 1 N–H and O–H groups in total. The number of nitrogens with one attached hydrogen (secondary N) is 1. The number of hydrogen-bond donors (Lipinski definition) is 1. The molecule has 1 saturated carbocycles. The highest BCUT2D eigenvalue weighted by Gasteiger charge is 2.56. The molecule has 2 aromatic rings. The summed E-state index contributed by atoms with van der Waals surface area (Å²) in [6.45, 7) is 1.44. The number of sulfonamides is 1. The average Bonchev–Trinajstić information content (AvgIpc) is 3.45. The van der Waals surface area contributed by atoms with Gasteiger partial charge < -0.3 is 5.32 Å². The molecule has 1 aromatic carbocycles. The number of hydrogen-bond acceptors (Lipinski definition) is 6. The minimum absolute atomic E-state index is 0. The minimum Gasteiger partial charge on any atom is -0.319 e. The molecule has 182 valence electrons. The van der Waals surface area contributed by atoms with Gasteiger partial charge in [-0.3, -0.25) is 14.4 Å². The molecule has 1 amide bonds. The van der Waals surface area contributed by atoms with Crippen molar-refractivity contribution >= 4 is 51.5 Å². The molecular weight excluding hydrogens is 511 g/mol. The molecule has 13 heteroatoms. The second-order valence-electron chi connectivity index (χ2n) is 8.25. The predicted octanol–water partition coefficient (Wildman–Crippen LogP) is 2.42. The maximum absolute atomic E-state index is 12.9. The van der Waals surface area contributed by atoms with E-state index in [1.54, 1.807) is 31.3 Å². The number of carbonyl (C=O) groups excluding carboxylic acids is 1. The van der Waals surface area contributed by atoms with Crippen LogP contribution in [0.1, 0.15) is 36.0 Å². The molecule has 1 aliphatic carbocycles. The summed E-state index contributed by atoms with van der Waals surface area (Å²) in [5.41, 5.74) is -0.200. The first-order valence-corrected chi connectivity index (χ1v) is 12.7. The summed E-state index contributed by atoms with van der Waals surface area (Å²) in [4.78, 5) is 14.9. The van der Waals surface area contributed by atoms with Gasteiger partial charge in [-0.1, -0.05) is 59.5 Å². The van der Waals surface area contributed by atoms with E-state index in [1.807, 2.05) is 6.07 Å². The maximum atomic E-state index is 12.9. The molecule has 1 saturated heterocycles. The van der Waals surface area contributed by atoms with Gasteiger partial charge in [-0.25, -0.2) is 8.42 Å². The highest BCUT2D eigenvalue weighted by molar-refractivity contribution is 7.89. The van der Waals surface area contributed by atoms with E-state index < -0.39 is 20.0 Å². The van der Waals surface area contributed by atoms with Crippen molar-refractivity contribution in [3.63, 3.8) is 0 Å². The fourth-order valence-electron chi connectivity index (χ4n) is 4.64. The Morgan fingerprint density at radius 1 is 1.09 bits per heavy atom. The third-order valence-corrected chi connectivity index (χ3v) is 9.00. The lowest BCUT2D eigenvalue weighted by Crippen LogP contribution is -2.67. The molecule has 0 bridgehead atoms. The lowest BCUT2D eigenvalue weighted by Gasteiger charge is -2.51.